The fraction of sp³-hybridized carbons (Fsp3) is 0.923. The van der Waals surface area contributed by atoms with Gasteiger partial charge in [-0.3, -0.25) is 0 Å². The van der Waals surface area contributed by atoms with Crippen LogP contribution in [-0.4, -0.2) is 63.2 Å². The number of ether oxygens (including phenoxy) is 2. The smallest absolute Gasteiger partial charge is 0.335 e. The molecule has 0 aliphatic carbocycles. The van der Waals surface area contributed by atoms with Gasteiger partial charge in [-0.15, -0.1) is 0 Å². The van der Waals surface area contributed by atoms with Gasteiger partial charge in [0.25, 0.3) is 0 Å². The van der Waals surface area contributed by atoms with Crippen LogP contribution in [0.4, 0.5) is 0 Å². The average molecular weight is 292 g/mol. The minimum atomic E-state index is -1.70. The Bertz CT molecular complexity index is 323. The number of rotatable bonds is 5. The van der Waals surface area contributed by atoms with Crippen LogP contribution in [0.1, 0.15) is 27.7 Å². The van der Waals surface area contributed by atoms with Crippen LogP contribution >= 0.6 is 0 Å². The predicted octanol–water partition coefficient (Wildman–Crippen LogP) is -0.424. The summed E-state index contributed by atoms with van der Waals surface area (Å²) in [5.74, 6) is -1.17. The number of hydrogen-bond acceptors (Lipinski definition) is 6. The lowest BCUT2D eigenvalue weighted by Crippen LogP contribution is -2.61. The maximum atomic E-state index is 11.0. The van der Waals surface area contributed by atoms with Gasteiger partial charge in [0, 0.05) is 0 Å². The molecule has 0 aromatic heterocycles. The molecule has 1 saturated heterocycles. The van der Waals surface area contributed by atoms with E-state index in [1.807, 2.05) is 27.7 Å². The number of hydrogen-bond donors (Lipinski definition) is 4. The number of carbonyl (C=O) groups is 1. The summed E-state index contributed by atoms with van der Waals surface area (Å²) in [5.41, 5.74) is 0. The van der Waals surface area contributed by atoms with E-state index in [4.69, 9.17) is 14.6 Å². The van der Waals surface area contributed by atoms with Gasteiger partial charge in [-0.1, -0.05) is 27.7 Å². The first-order valence-electron chi connectivity index (χ1n) is 6.74. The Balaban J connectivity index is 2.85. The van der Waals surface area contributed by atoms with Gasteiger partial charge in [0.05, 0.1) is 6.10 Å². The molecule has 118 valence electrons. The molecule has 0 radical (unpaired) electrons. The van der Waals surface area contributed by atoms with Crippen molar-refractivity contribution in [2.75, 3.05) is 0 Å². The normalized spacial score (nSPS) is 35.0. The third-order valence-corrected chi connectivity index (χ3v) is 3.42. The second-order valence-electron chi connectivity index (χ2n) is 5.82. The molecule has 5 unspecified atom stereocenters. The van der Waals surface area contributed by atoms with Crippen molar-refractivity contribution in [2.45, 2.75) is 64.5 Å². The van der Waals surface area contributed by atoms with Crippen molar-refractivity contribution in [3.63, 3.8) is 0 Å². The zero-order chi connectivity index (χ0) is 15.6. The van der Waals surface area contributed by atoms with Crippen LogP contribution in [0, 0.1) is 11.8 Å². The highest BCUT2D eigenvalue weighted by Gasteiger charge is 2.48. The highest BCUT2D eigenvalue weighted by molar-refractivity contribution is 5.73. The van der Waals surface area contributed by atoms with E-state index in [2.05, 4.69) is 0 Å². The van der Waals surface area contributed by atoms with Crippen molar-refractivity contribution >= 4 is 5.97 Å². The van der Waals surface area contributed by atoms with Gasteiger partial charge >= 0.3 is 5.97 Å². The van der Waals surface area contributed by atoms with Gasteiger partial charge in [-0.25, -0.2) is 4.79 Å². The van der Waals surface area contributed by atoms with Crippen LogP contribution in [0.2, 0.25) is 0 Å². The molecule has 4 N–H and O–H groups in total. The standard InChI is InChI=1S/C13H24O7/c1-5(2)10(6(3)4)19-13-9(16)7(14)8(15)11(20-13)12(17)18/h5-11,13-16H,1-4H3,(H,17,18). The maximum absolute atomic E-state index is 11.0. The summed E-state index contributed by atoms with van der Waals surface area (Å²) >= 11 is 0. The topological polar surface area (TPSA) is 116 Å². The molecule has 7 heteroatoms. The molecule has 0 aromatic rings. The van der Waals surface area contributed by atoms with Crippen molar-refractivity contribution in [1.82, 2.24) is 0 Å². The molecule has 0 amide bonds. The Morgan fingerprint density at radius 3 is 1.90 bits per heavy atom. The number of carboxylic acid groups (broad SMARTS) is 1. The van der Waals surface area contributed by atoms with E-state index in [-0.39, 0.29) is 17.9 Å². The van der Waals surface area contributed by atoms with E-state index in [1.165, 1.54) is 0 Å². The third-order valence-electron chi connectivity index (χ3n) is 3.42. The summed E-state index contributed by atoms with van der Waals surface area (Å²) in [5, 5.41) is 38.1. The Hall–Kier alpha value is -0.730. The van der Waals surface area contributed by atoms with Crippen molar-refractivity contribution in [3.05, 3.63) is 0 Å². The number of aliphatic hydroxyl groups is 3. The van der Waals surface area contributed by atoms with Crippen molar-refractivity contribution < 1.29 is 34.7 Å². The fourth-order valence-electron chi connectivity index (χ4n) is 2.40. The zero-order valence-electron chi connectivity index (χ0n) is 12.1. The Morgan fingerprint density at radius 1 is 1.00 bits per heavy atom. The fourth-order valence-corrected chi connectivity index (χ4v) is 2.40. The molecule has 7 nitrogen and oxygen atoms in total. The van der Waals surface area contributed by atoms with Crippen LogP contribution < -0.4 is 0 Å². The number of aliphatic carboxylic acids is 1. The molecular weight excluding hydrogens is 268 g/mol. The van der Waals surface area contributed by atoms with Gasteiger partial charge in [0.15, 0.2) is 12.4 Å². The number of carboxylic acids is 1. The van der Waals surface area contributed by atoms with E-state index in [1.54, 1.807) is 0 Å². The van der Waals surface area contributed by atoms with E-state index >= 15 is 0 Å². The predicted molar refractivity (Wildman–Crippen MR) is 68.9 cm³/mol. The van der Waals surface area contributed by atoms with Crippen molar-refractivity contribution in [1.29, 1.82) is 0 Å². The molecule has 1 heterocycles. The van der Waals surface area contributed by atoms with Crippen LogP contribution in [0.25, 0.3) is 0 Å². The lowest BCUT2D eigenvalue weighted by Gasteiger charge is -2.41. The first kappa shape index (κ1) is 17.3. The highest BCUT2D eigenvalue weighted by atomic mass is 16.7. The summed E-state index contributed by atoms with van der Waals surface area (Å²) in [4.78, 5) is 11.0. The average Bonchev–Trinajstić information content (AvgIpc) is 2.33. The molecule has 0 bridgehead atoms. The monoisotopic (exact) mass is 292 g/mol. The lowest BCUT2D eigenvalue weighted by molar-refractivity contribution is -0.310. The number of aliphatic hydroxyl groups excluding tert-OH is 3. The van der Waals surface area contributed by atoms with E-state index < -0.39 is 36.7 Å². The molecule has 0 aromatic carbocycles. The molecular formula is C13H24O7. The minimum absolute atomic E-state index is 0.123. The molecule has 1 rings (SSSR count). The second kappa shape index (κ2) is 6.82. The van der Waals surface area contributed by atoms with E-state index in [0.717, 1.165) is 0 Å². The first-order chi connectivity index (χ1) is 9.16. The molecule has 0 spiro atoms. The third kappa shape index (κ3) is 3.67. The summed E-state index contributed by atoms with van der Waals surface area (Å²) in [7, 11) is 0. The molecule has 0 saturated carbocycles. The maximum Gasteiger partial charge on any atom is 0.335 e. The summed E-state index contributed by atoms with van der Waals surface area (Å²) in [6.07, 6.45) is -8.01. The SMILES string of the molecule is CC(C)C(OC1OC(C(=O)O)C(O)C(O)C1O)C(C)C. The Kier molecular flexibility index (Phi) is 5.91. The molecule has 1 fully saturated rings. The highest BCUT2D eigenvalue weighted by Crippen LogP contribution is 2.26. The van der Waals surface area contributed by atoms with Crippen LogP contribution in [0.5, 0.6) is 0 Å². The quantitative estimate of drug-likeness (QED) is 0.543. The van der Waals surface area contributed by atoms with E-state index in [0.29, 0.717) is 0 Å². The van der Waals surface area contributed by atoms with E-state index in [9.17, 15) is 20.1 Å². The summed E-state index contributed by atoms with van der Waals surface area (Å²) in [6, 6.07) is 0. The first-order valence-corrected chi connectivity index (χ1v) is 6.74. The summed E-state index contributed by atoms with van der Waals surface area (Å²) in [6.45, 7) is 7.72. The van der Waals surface area contributed by atoms with Gasteiger partial charge < -0.3 is 29.9 Å². The molecule has 1 aliphatic heterocycles. The molecule has 20 heavy (non-hydrogen) atoms. The molecule has 5 atom stereocenters. The lowest BCUT2D eigenvalue weighted by atomic mass is 9.95. The minimum Gasteiger partial charge on any atom is -0.479 e. The van der Waals surface area contributed by atoms with Crippen molar-refractivity contribution in [3.8, 4) is 0 Å². The van der Waals surface area contributed by atoms with Gasteiger partial charge in [0.2, 0.25) is 0 Å². The Morgan fingerprint density at radius 2 is 1.50 bits per heavy atom. The van der Waals surface area contributed by atoms with Crippen molar-refractivity contribution in [2.24, 2.45) is 11.8 Å². The van der Waals surface area contributed by atoms with Gasteiger partial charge in [0.1, 0.15) is 18.3 Å². The largest absolute Gasteiger partial charge is 0.479 e. The molecule has 1 aliphatic rings. The van der Waals surface area contributed by atoms with Crippen LogP contribution in [-0.2, 0) is 14.3 Å². The van der Waals surface area contributed by atoms with Crippen LogP contribution in [0.3, 0.4) is 0 Å². The van der Waals surface area contributed by atoms with Gasteiger partial charge in [-0.05, 0) is 11.8 Å². The zero-order valence-corrected chi connectivity index (χ0v) is 12.1. The summed E-state index contributed by atoms with van der Waals surface area (Å²) < 4.78 is 10.7. The van der Waals surface area contributed by atoms with Crippen LogP contribution in [0.15, 0.2) is 0 Å². The Labute approximate surface area is 118 Å². The second-order valence-corrected chi connectivity index (χ2v) is 5.82. The van der Waals surface area contributed by atoms with Gasteiger partial charge in [-0.2, -0.15) is 0 Å².